The average molecular weight is 779 g/mol. The van der Waals surface area contributed by atoms with E-state index in [0.717, 1.165) is 60.9 Å². The van der Waals surface area contributed by atoms with Crippen LogP contribution in [0.4, 0.5) is 17.1 Å². The first kappa shape index (κ1) is 35.0. The van der Waals surface area contributed by atoms with Crippen molar-refractivity contribution in [1.82, 2.24) is 4.98 Å². The van der Waals surface area contributed by atoms with Gasteiger partial charge in [0.1, 0.15) is 5.58 Å². The van der Waals surface area contributed by atoms with Crippen LogP contribution < -0.4 is 4.90 Å². The largest absolute Gasteiger partial charge is 0.437 e. The molecule has 0 bridgehead atoms. The van der Waals surface area contributed by atoms with Gasteiger partial charge in [0, 0.05) is 22.0 Å². The van der Waals surface area contributed by atoms with Crippen LogP contribution >= 0.6 is 0 Å². The van der Waals surface area contributed by atoms with Gasteiger partial charge in [-0.25, -0.2) is 4.98 Å². The summed E-state index contributed by atoms with van der Waals surface area (Å²) in [5.41, 5.74) is 16.0. The predicted octanol–water partition coefficient (Wildman–Crippen LogP) is 15.3. The van der Waals surface area contributed by atoms with Crippen molar-refractivity contribution in [2.45, 2.75) is 5.41 Å². The monoisotopic (exact) mass is 778 g/mol. The molecule has 12 rings (SSSR count). The van der Waals surface area contributed by atoms with Crippen molar-refractivity contribution in [2.75, 3.05) is 4.90 Å². The fourth-order valence-corrected chi connectivity index (χ4v) is 9.87. The summed E-state index contributed by atoms with van der Waals surface area (Å²) in [6.45, 7) is 0. The van der Waals surface area contributed by atoms with E-state index in [9.17, 15) is 0 Å². The summed E-state index contributed by atoms with van der Waals surface area (Å²) in [7, 11) is 0. The normalized spacial score (nSPS) is 12.7. The molecule has 286 valence electrons. The molecule has 0 radical (unpaired) electrons. The van der Waals surface area contributed by atoms with E-state index in [1.807, 2.05) is 6.20 Å². The van der Waals surface area contributed by atoms with E-state index in [1.165, 1.54) is 38.9 Å². The van der Waals surface area contributed by atoms with Crippen molar-refractivity contribution < 1.29 is 4.42 Å². The number of fused-ring (bicyclic) bond motifs is 8. The Kier molecular flexibility index (Phi) is 8.07. The van der Waals surface area contributed by atoms with Gasteiger partial charge < -0.3 is 9.32 Å². The first-order chi connectivity index (χ1) is 30.3. The Bertz CT molecular complexity index is 3350. The molecule has 61 heavy (non-hydrogen) atoms. The van der Waals surface area contributed by atoms with E-state index in [2.05, 4.69) is 229 Å². The molecule has 2 aromatic heterocycles. The third-order valence-electron chi connectivity index (χ3n) is 12.6. The number of aromatic nitrogens is 1. The molecule has 0 N–H and O–H groups in total. The van der Waals surface area contributed by atoms with Crippen LogP contribution in [0, 0.1) is 0 Å². The second-order valence-corrected chi connectivity index (χ2v) is 15.9. The van der Waals surface area contributed by atoms with Crippen LogP contribution in [0.3, 0.4) is 0 Å². The number of anilines is 3. The van der Waals surface area contributed by atoms with E-state index < -0.39 is 5.41 Å². The molecule has 0 saturated carbocycles. The highest BCUT2D eigenvalue weighted by Gasteiger charge is 2.46. The van der Waals surface area contributed by atoms with Gasteiger partial charge in [0.15, 0.2) is 0 Å². The molecular formula is C58H38N2O. The van der Waals surface area contributed by atoms with Gasteiger partial charge in [0.05, 0.1) is 28.4 Å². The summed E-state index contributed by atoms with van der Waals surface area (Å²) >= 11 is 0. The Hall–Kier alpha value is -8.01. The van der Waals surface area contributed by atoms with E-state index in [4.69, 9.17) is 9.40 Å². The minimum atomic E-state index is -0.544. The summed E-state index contributed by atoms with van der Waals surface area (Å²) in [6, 6.07) is 81.2. The fourth-order valence-electron chi connectivity index (χ4n) is 9.87. The number of hydrogen-bond donors (Lipinski definition) is 0. The van der Waals surface area contributed by atoms with Crippen molar-refractivity contribution >= 4 is 49.9 Å². The summed E-state index contributed by atoms with van der Waals surface area (Å²) < 4.78 is 6.55. The standard InChI is InChI=1S/C58H38N2O/c1-5-17-39(18-6-1)40-29-32-45(33-30-40)60(46-35-52-49-34-31-42-21-13-14-26-47(42)56(49)61-57(52)59-38-46)55-37-51-48-27-15-16-28-53(48)58(43-22-9-3-10-23-43,44-24-11-4-12-25-44)54(51)36-50(55)41-19-7-2-8-20-41/h1-38H. The van der Waals surface area contributed by atoms with Crippen LogP contribution in [0.5, 0.6) is 0 Å². The molecule has 9 aromatic carbocycles. The van der Waals surface area contributed by atoms with E-state index in [-0.39, 0.29) is 0 Å². The molecule has 1 aliphatic rings. The first-order valence-electron chi connectivity index (χ1n) is 20.9. The van der Waals surface area contributed by atoms with Gasteiger partial charge in [-0.05, 0) is 91.9 Å². The molecule has 0 spiro atoms. The smallest absolute Gasteiger partial charge is 0.227 e. The highest BCUT2D eigenvalue weighted by atomic mass is 16.3. The maximum Gasteiger partial charge on any atom is 0.227 e. The molecule has 3 heteroatoms. The van der Waals surface area contributed by atoms with Gasteiger partial charge in [0.25, 0.3) is 0 Å². The molecule has 0 aliphatic heterocycles. The molecule has 0 unspecified atom stereocenters. The van der Waals surface area contributed by atoms with Crippen molar-refractivity contribution in [1.29, 1.82) is 0 Å². The number of rotatable bonds is 7. The van der Waals surface area contributed by atoms with Crippen LogP contribution in [0.25, 0.3) is 66.2 Å². The average Bonchev–Trinajstić information content (AvgIpc) is 3.86. The van der Waals surface area contributed by atoms with Gasteiger partial charge in [-0.15, -0.1) is 0 Å². The van der Waals surface area contributed by atoms with Crippen LogP contribution in [-0.4, -0.2) is 4.98 Å². The zero-order valence-electron chi connectivity index (χ0n) is 33.2. The highest BCUT2D eigenvalue weighted by molar-refractivity contribution is 6.15. The molecule has 2 heterocycles. The van der Waals surface area contributed by atoms with Gasteiger partial charge in [-0.2, -0.15) is 0 Å². The number of nitrogens with zero attached hydrogens (tertiary/aromatic N) is 2. The van der Waals surface area contributed by atoms with Crippen molar-refractivity contribution in [2.24, 2.45) is 0 Å². The Balaban J connectivity index is 1.16. The lowest BCUT2D eigenvalue weighted by Crippen LogP contribution is -2.28. The van der Waals surface area contributed by atoms with Crippen molar-refractivity contribution in [3.8, 4) is 33.4 Å². The fraction of sp³-hybridized carbons (Fsp3) is 0.0172. The Labute approximate surface area is 354 Å². The summed E-state index contributed by atoms with van der Waals surface area (Å²) in [6.07, 6.45) is 1.96. The minimum absolute atomic E-state index is 0.544. The number of hydrogen-bond acceptors (Lipinski definition) is 3. The van der Waals surface area contributed by atoms with Gasteiger partial charge >= 0.3 is 0 Å². The van der Waals surface area contributed by atoms with Crippen LogP contribution in [0.15, 0.2) is 235 Å². The molecule has 3 nitrogen and oxygen atoms in total. The summed E-state index contributed by atoms with van der Waals surface area (Å²) in [5.74, 6) is 0. The Morgan fingerprint density at radius 3 is 1.72 bits per heavy atom. The molecule has 11 aromatic rings. The summed E-state index contributed by atoms with van der Waals surface area (Å²) in [4.78, 5) is 7.45. The molecular weight excluding hydrogens is 741 g/mol. The lowest BCUT2D eigenvalue weighted by Gasteiger charge is -2.35. The number of benzene rings is 9. The second-order valence-electron chi connectivity index (χ2n) is 15.9. The zero-order chi connectivity index (χ0) is 40.3. The number of furan rings is 1. The van der Waals surface area contributed by atoms with E-state index in [0.29, 0.717) is 5.71 Å². The third-order valence-corrected chi connectivity index (χ3v) is 12.6. The Morgan fingerprint density at radius 2 is 1.00 bits per heavy atom. The van der Waals surface area contributed by atoms with Crippen LogP contribution in [0.2, 0.25) is 0 Å². The van der Waals surface area contributed by atoms with E-state index in [1.54, 1.807) is 0 Å². The van der Waals surface area contributed by atoms with Crippen LogP contribution in [0.1, 0.15) is 22.3 Å². The van der Waals surface area contributed by atoms with Crippen molar-refractivity contribution in [3.63, 3.8) is 0 Å². The molecule has 0 amide bonds. The van der Waals surface area contributed by atoms with Gasteiger partial charge in [-0.1, -0.05) is 188 Å². The molecule has 1 aliphatic carbocycles. The molecule has 0 atom stereocenters. The third kappa shape index (κ3) is 5.48. The summed E-state index contributed by atoms with van der Waals surface area (Å²) in [5, 5.41) is 4.24. The molecule has 0 fully saturated rings. The van der Waals surface area contributed by atoms with Gasteiger partial charge in [-0.3, -0.25) is 0 Å². The lowest BCUT2D eigenvalue weighted by molar-refractivity contribution is 0.657. The van der Waals surface area contributed by atoms with Gasteiger partial charge in [0.2, 0.25) is 5.71 Å². The quantitative estimate of drug-likeness (QED) is 0.161. The van der Waals surface area contributed by atoms with Crippen LogP contribution in [-0.2, 0) is 5.41 Å². The lowest BCUT2D eigenvalue weighted by atomic mass is 9.67. The highest BCUT2D eigenvalue weighted by Crippen LogP contribution is 2.59. The maximum absolute atomic E-state index is 6.55. The van der Waals surface area contributed by atoms with E-state index >= 15 is 0 Å². The molecule has 0 saturated heterocycles. The number of pyridine rings is 1. The topological polar surface area (TPSA) is 29.3 Å². The maximum atomic E-state index is 6.55. The Morgan fingerprint density at radius 1 is 0.393 bits per heavy atom. The minimum Gasteiger partial charge on any atom is -0.437 e. The second kappa shape index (κ2) is 14.1. The van der Waals surface area contributed by atoms with Crippen molar-refractivity contribution in [3.05, 3.63) is 253 Å². The zero-order valence-corrected chi connectivity index (χ0v) is 33.2. The SMILES string of the molecule is c1ccc(-c2ccc(N(c3cnc4oc5c6ccccc6ccc5c4c3)c3cc4c(cc3-c3ccccc3)C(c3ccccc3)(c3ccccc3)c3ccccc3-4)cc2)cc1. The first-order valence-corrected chi connectivity index (χ1v) is 20.9. The predicted molar refractivity (Wildman–Crippen MR) is 252 cm³/mol.